The van der Waals surface area contributed by atoms with Crippen LogP contribution in [0, 0.1) is 3.57 Å². The van der Waals surface area contributed by atoms with Crippen LogP contribution in [0.1, 0.15) is 11.1 Å². The van der Waals surface area contributed by atoms with Crippen LogP contribution in [-0.2, 0) is 12.8 Å². The van der Waals surface area contributed by atoms with Gasteiger partial charge in [-0.2, -0.15) is 0 Å². The van der Waals surface area contributed by atoms with Gasteiger partial charge in [0, 0.05) is 9.61 Å². The van der Waals surface area contributed by atoms with Crippen molar-refractivity contribution in [1.29, 1.82) is 0 Å². The fourth-order valence-electron chi connectivity index (χ4n) is 1.64. The zero-order chi connectivity index (χ0) is 7.84. The van der Waals surface area contributed by atoms with Gasteiger partial charge in [-0.15, -0.1) is 0 Å². The highest BCUT2D eigenvalue weighted by atomic mass is 127. The van der Waals surface area contributed by atoms with Crippen LogP contribution in [0.25, 0.3) is 0 Å². The molecule has 1 nitrogen and oxygen atoms in total. The smallest absolute Gasteiger partial charge is 0.0165 e. The molecule has 2 heteroatoms. The molecule has 1 atom stereocenters. The molecule has 0 fully saturated rings. The quantitative estimate of drug-likeness (QED) is 0.705. The second-order valence-electron chi connectivity index (χ2n) is 3.05. The summed E-state index contributed by atoms with van der Waals surface area (Å²) in [6.07, 6.45) is 2.13. The molecule has 1 aromatic rings. The predicted molar refractivity (Wildman–Crippen MR) is 54.5 cm³/mol. The summed E-state index contributed by atoms with van der Waals surface area (Å²) in [7, 11) is 0. The highest BCUT2D eigenvalue weighted by Crippen LogP contribution is 2.25. The van der Waals surface area contributed by atoms with Crippen molar-refractivity contribution in [2.45, 2.75) is 18.9 Å². The van der Waals surface area contributed by atoms with Crippen LogP contribution >= 0.6 is 22.6 Å². The van der Waals surface area contributed by atoms with E-state index in [9.17, 15) is 0 Å². The van der Waals surface area contributed by atoms with Crippen LogP contribution in [0.5, 0.6) is 0 Å². The van der Waals surface area contributed by atoms with Gasteiger partial charge in [0.15, 0.2) is 0 Å². The summed E-state index contributed by atoms with van der Waals surface area (Å²) >= 11 is 2.38. The summed E-state index contributed by atoms with van der Waals surface area (Å²) in [6.45, 7) is 0. The maximum atomic E-state index is 5.85. The van der Waals surface area contributed by atoms with Crippen LogP contribution in [0.4, 0.5) is 0 Å². The number of halogens is 1. The number of fused-ring (bicyclic) bond motifs is 1. The number of hydrogen-bond donors (Lipinski definition) is 1. The Kier molecular flexibility index (Phi) is 1.89. The summed E-state index contributed by atoms with van der Waals surface area (Å²) in [5, 5.41) is 0. The molecule has 0 aliphatic heterocycles. The molecule has 1 aliphatic rings. The Bertz CT molecular complexity index is 283. The van der Waals surface area contributed by atoms with Gasteiger partial charge in [0.25, 0.3) is 0 Å². The fraction of sp³-hybridized carbons (Fsp3) is 0.333. The first-order valence-electron chi connectivity index (χ1n) is 3.79. The average Bonchev–Trinajstić information content (AvgIpc) is 2.31. The van der Waals surface area contributed by atoms with E-state index in [4.69, 9.17) is 5.73 Å². The molecule has 0 radical (unpaired) electrons. The van der Waals surface area contributed by atoms with Gasteiger partial charge in [-0.25, -0.2) is 0 Å². The molecule has 0 amide bonds. The molecule has 2 N–H and O–H groups in total. The van der Waals surface area contributed by atoms with E-state index in [0.717, 1.165) is 12.8 Å². The molecule has 0 saturated carbocycles. The Morgan fingerprint density at radius 3 is 2.91 bits per heavy atom. The van der Waals surface area contributed by atoms with E-state index in [1.807, 2.05) is 0 Å². The Labute approximate surface area is 80.1 Å². The van der Waals surface area contributed by atoms with Gasteiger partial charge in [0.1, 0.15) is 0 Å². The summed E-state index contributed by atoms with van der Waals surface area (Å²) in [4.78, 5) is 0. The molecule has 0 aromatic heterocycles. The van der Waals surface area contributed by atoms with E-state index < -0.39 is 0 Å². The Morgan fingerprint density at radius 1 is 1.36 bits per heavy atom. The molecule has 2 rings (SSSR count). The lowest BCUT2D eigenvalue weighted by Gasteiger charge is -1.99. The van der Waals surface area contributed by atoms with Gasteiger partial charge in [-0.1, -0.05) is 12.1 Å². The number of benzene rings is 1. The van der Waals surface area contributed by atoms with Crippen LogP contribution in [0.2, 0.25) is 0 Å². The van der Waals surface area contributed by atoms with Crippen molar-refractivity contribution in [2.24, 2.45) is 5.73 Å². The van der Waals surface area contributed by atoms with Gasteiger partial charge < -0.3 is 5.73 Å². The summed E-state index contributed by atoms with van der Waals surface area (Å²) < 4.78 is 1.37. The minimum Gasteiger partial charge on any atom is -0.327 e. The lowest BCUT2D eigenvalue weighted by atomic mass is 10.1. The monoisotopic (exact) mass is 259 g/mol. The number of hydrogen-bond acceptors (Lipinski definition) is 1. The van der Waals surface area contributed by atoms with Crippen molar-refractivity contribution < 1.29 is 0 Å². The predicted octanol–water partition coefficient (Wildman–Crippen LogP) is 1.72. The molecule has 11 heavy (non-hydrogen) atoms. The SMILES string of the molecule is NC1Cc2cccc(I)c2C1. The highest BCUT2D eigenvalue weighted by Gasteiger charge is 2.19. The van der Waals surface area contributed by atoms with E-state index in [-0.39, 0.29) is 0 Å². The maximum Gasteiger partial charge on any atom is 0.0165 e. The van der Waals surface area contributed by atoms with Gasteiger partial charge >= 0.3 is 0 Å². The average molecular weight is 259 g/mol. The van der Waals surface area contributed by atoms with E-state index in [1.165, 1.54) is 14.7 Å². The van der Waals surface area contributed by atoms with Crippen molar-refractivity contribution in [1.82, 2.24) is 0 Å². The highest BCUT2D eigenvalue weighted by molar-refractivity contribution is 14.1. The van der Waals surface area contributed by atoms with E-state index in [0.29, 0.717) is 6.04 Å². The lowest BCUT2D eigenvalue weighted by molar-refractivity contribution is 0.720. The van der Waals surface area contributed by atoms with Gasteiger partial charge in [-0.05, 0) is 52.6 Å². The molecule has 0 spiro atoms. The third-order valence-electron chi connectivity index (χ3n) is 2.16. The molecule has 0 heterocycles. The fourth-order valence-corrected chi connectivity index (χ4v) is 2.41. The van der Waals surface area contributed by atoms with Crippen molar-refractivity contribution in [3.8, 4) is 0 Å². The second kappa shape index (κ2) is 2.75. The van der Waals surface area contributed by atoms with Crippen molar-refractivity contribution in [2.75, 3.05) is 0 Å². The first kappa shape index (κ1) is 7.55. The minimum absolute atomic E-state index is 0.362. The standard InChI is InChI=1S/C9H10IN/c10-9-3-1-2-6-4-7(11)5-8(6)9/h1-3,7H,4-5,11H2. The normalized spacial score (nSPS) is 21.8. The Morgan fingerprint density at radius 2 is 2.18 bits per heavy atom. The second-order valence-corrected chi connectivity index (χ2v) is 4.21. The maximum absolute atomic E-state index is 5.85. The lowest BCUT2D eigenvalue weighted by Crippen LogP contribution is -2.19. The molecular formula is C9H10IN. The van der Waals surface area contributed by atoms with Crippen molar-refractivity contribution in [3.05, 3.63) is 32.9 Å². The van der Waals surface area contributed by atoms with Crippen molar-refractivity contribution >= 4 is 22.6 Å². The first-order chi connectivity index (χ1) is 5.27. The van der Waals surface area contributed by atoms with E-state index in [2.05, 4.69) is 40.8 Å². The molecular weight excluding hydrogens is 249 g/mol. The zero-order valence-corrected chi connectivity index (χ0v) is 8.34. The van der Waals surface area contributed by atoms with Gasteiger partial charge in [0.05, 0.1) is 0 Å². The third kappa shape index (κ3) is 1.29. The third-order valence-corrected chi connectivity index (χ3v) is 3.17. The largest absolute Gasteiger partial charge is 0.327 e. The Balaban J connectivity index is 2.49. The van der Waals surface area contributed by atoms with Crippen LogP contribution in [-0.4, -0.2) is 6.04 Å². The molecule has 58 valence electrons. The zero-order valence-electron chi connectivity index (χ0n) is 6.18. The summed E-state index contributed by atoms with van der Waals surface area (Å²) in [5.74, 6) is 0. The summed E-state index contributed by atoms with van der Waals surface area (Å²) in [6, 6.07) is 6.81. The van der Waals surface area contributed by atoms with Gasteiger partial charge in [0.2, 0.25) is 0 Å². The molecule has 0 saturated heterocycles. The summed E-state index contributed by atoms with van der Waals surface area (Å²) in [5.41, 5.74) is 8.77. The number of rotatable bonds is 0. The topological polar surface area (TPSA) is 26.0 Å². The van der Waals surface area contributed by atoms with E-state index >= 15 is 0 Å². The minimum atomic E-state index is 0.362. The molecule has 1 aromatic carbocycles. The molecule has 1 unspecified atom stereocenters. The molecule has 0 bridgehead atoms. The van der Waals surface area contributed by atoms with Crippen molar-refractivity contribution in [3.63, 3.8) is 0 Å². The van der Waals surface area contributed by atoms with Crippen LogP contribution in [0.15, 0.2) is 18.2 Å². The Hall–Kier alpha value is -0.0900. The molecule has 1 aliphatic carbocycles. The van der Waals surface area contributed by atoms with Crippen LogP contribution in [0.3, 0.4) is 0 Å². The number of nitrogens with two attached hydrogens (primary N) is 1. The first-order valence-corrected chi connectivity index (χ1v) is 4.87. The van der Waals surface area contributed by atoms with Crippen LogP contribution < -0.4 is 5.73 Å². The van der Waals surface area contributed by atoms with Gasteiger partial charge in [-0.3, -0.25) is 0 Å². The van der Waals surface area contributed by atoms with E-state index in [1.54, 1.807) is 0 Å².